The standard InChI is InChI=1S/C26H24N6O3/c1-34-23-6-2-3-7-24(23)35-25-15-27-14-22(31-25)19-5-4-10-32(16-19)26(33)18-8-9-21(30-13-18)20-11-28-17-29-12-20/h2-3,6-9,11-15,17,19H,4-5,10,16H2,1H3/t19-/m0/s1. The van der Waals surface area contributed by atoms with Crippen molar-refractivity contribution in [1.29, 1.82) is 0 Å². The van der Waals surface area contributed by atoms with Crippen molar-refractivity contribution in [3.8, 4) is 28.6 Å². The third kappa shape index (κ3) is 5.08. The van der Waals surface area contributed by atoms with Crippen LogP contribution in [0.2, 0.25) is 0 Å². The van der Waals surface area contributed by atoms with E-state index in [0.29, 0.717) is 36.0 Å². The molecule has 0 unspecified atom stereocenters. The number of carbonyl (C=O) groups is 1. The number of rotatable bonds is 6. The molecule has 9 heteroatoms. The van der Waals surface area contributed by atoms with Gasteiger partial charge in [-0.1, -0.05) is 12.1 Å². The molecule has 0 spiro atoms. The Hall–Kier alpha value is -4.40. The van der Waals surface area contributed by atoms with Crippen LogP contribution in [0.25, 0.3) is 11.3 Å². The van der Waals surface area contributed by atoms with Gasteiger partial charge in [-0.3, -0.25) is 14.8 Å². The molecule has 1 saturated heterocycles. The molecule has 1 aliphatic heterocycles. The number of aromatic nitrogens is 5. The van der Waals surface area contributed by atoms with Crippen LogP contribution in [0.1, 0.15) is 34.8 Å². The highest BCUT2D eigenvalue weighted by atomic mass is 16.5. The molecule has 3 aromatic heterocycles. The van der Waals surface area contributed by atoms with E-state index in [4.69, 9.17) is 9.47 Å². The van der Waals surface area contributed by atoms with E-state index in [0.717, 1.165) is 29.8 Å². The highest BCUT2D eigenvalue weighted by molar-refractivity contribution is 5.94. The molecule has 5 rings (SSSR count). The predicted molar refractivity (Wildman–Crippen MR) is 128 cm³/mol. The smallest absolute Gasteiger partial charge is 0.255 e. The zero-order valence-corrected chi connectivity index (χ0v) is 19.2. The Labute approximate surface area is 202 Å². The molecule has 0 N–H and O–H groups in total. The number of benzene rings is 1. The average Bonchev–Trinajstić information content (AvgIpc) is 2.94. The summed E-state index contributed by atoms with van der Waals surface area (Å²) < 4.78 is 11.3. The molecule has 0 aliphatic carbocycles. The molecule has 1 aliphatic rings. The molecule has 1 fully saturated rings. The summed E-state index contributed by atoms with van der Waals surface area (Å²) in [5.74, 6) is 1.59. The first-order valence-electron chi connectivity index (χ1n) is 11.3. The third-order valence-electron chi connectivity index (χ3n) is 5.91. The number of hydrogen-bond donors (Lipinski definition) is 0. The Morgan fingerprint density at radius 3 is 2.57 bits per heavy atom. The summed E-state index contributed by atoms with van der Waals surface area (Å²) in [6.45, 7) is 1.24. The van der Waals surface area contributed by atoms with Crippen molar-refractivity contribution in [2.75, 3.05) is 20.2 Å². The van der Waals surface area contributed by atoms with Crippen LogP contribution >= 0.6 is 0 Å². The number of methoxy groups -OCH3 is 1. The maximum atomic E-state index is 13.2. The largest absolute Gasteiger partial charge is 0.493 e. The van der Waals surface area contributed by atoms with E-state index < -0.39 is 0 Å². The molecule has 0 bridgehead atoms. The molecule has 35 heavy (non-hydrogen) atoms. The predicted octanol–water partition coefficient (Wildman–Crippen LogP) is 4.15. The summed E-state index contributed by atoms with van der Waals surface area (Å²) in [7, 11) is 1.59. The van der Waals surface area contributed by atoms with Gasteiger partial charge >= 0.3 is 0 Å². The molecular formula is C26H24N6O3. The Morgan fingerprint density at radius 1 is 0.971 bits per heavy atom. The van der Waals surface area contributed by atoms with Crippen molar-refractivity contribution in [2.45, 2.75) is 18.8 Å². The van der Waals surface area contributed by atoms with E-state index in [9.17, 15) is 4.79 Å². The number of para-hydroxylation sites is 2. The lowest BCUT2D eigenvalue weighted by Gasteiger charge is -2.32. The lowest BCUT2D eigenvalue weighted by molar-refractivity contribution is 0.0705. The van der Waals surface area contributed by atoms with E-state index in [2.05, 4.69) is 24.9 Å². The van der Waals surface area contributed by atoms with Gasteiger partial charge in [0.15, 0.2) is 11.5 Å². The van der Waals surface area contributed by atoms with Crippen molar-refractivity contribution in [1.82, 2.24) is 29.8 Å². The number of amides is 1. The number of pyridine rings is 1. The van der Waals surface area contributed by atoms with Crippen molar-refractivity contribution < 1.29 is 14.3 Å². The summed E-state index contributed by atoms with van der Waals surface area (Å²) in [4.78, 5) is 36.5. The lowest BCUT2D eigenvalue weighted by atomic mass is 9.94. The van der Waals surface area contributed by atoms with Gasteiger partial charge in [0, 0.05) is 49.4 Å². The normalized spacial score (nSPS) is 15.5. The number of carbonyl (C=O) groups excluding carboxylic acids is 1. The van der Waals surface area contributed by atoms with Gasteiger partial charge in [0.25, 0.3) is 5.91 Å². The first-order valence-corrected chi connectivity index (χ1v) is 11.3. The molecular weight excluding hydrogens is 444 g/mol. The molecule has 4 heterocycles. The van der Waals surface area contributed by atoms with Crippen molar-refractivity contribution in [3.63, 3.8) is 0 Å². The van der Waals surface area contributed by atoms with Gasteiger partial charge in [-0.05, 0) is 37.1 Å². The van der Waals surface area contributed by atoms with Gasteiger partial charge in [-0.15, -0.1) is 0 Å². The summed E-state index contributed by atoms with van der Waals surface area (Å²) in [6.07, 6.45) is 11.6. The van der Waals surface area contributed by atoms with E-state index >= 15 is 0 Å². The van der Waals surface area contributed by atoms with Crippen LogP contribution in [0, 0.1) is 0 Å². The van der Waals surface area contributed by atoms with E-state index in [1.54, 1.807) is 44.2 Å². The Morgan fingerprint density at radius 2 is 1.80 bits per heavy atom. The lowest BCUT2D eigenvalue weighted by Crippen LogP contribution is -2.39. The number of likely N-dealkylation sites (tertiary alicyclic amines) is 1. The SMILES string of the molecule is COc1ccccc1Oc1cncc([C@H]2CCCN(C(=O)c3ccc(-c4cncnc4)nc3)C2)n1. The Bertz CT molecular complexity index is 1300. The van der Waals surface area contributed by atoms with E-state index in [1.807, 2.05) is 35.2 Å². The topological polar surface area (TPSA) is 103 Å². The summed E-state index contributed by atoms with van der Waals surface area (Å²) in [5.41, 5.74) is 2.87. The fourth-order valence-corrected chi connectivity index (χ4v) is 4.13. The summed E-state index contributed by atoms with van der Waals surface area (Å²) in [6, 6.07) is 11.0. The molecule has 176 valence electrons. The first kappa shape index (κ1) is 22.4. The second-order valence-electron chi connectivity index (χ2n) is 8.18. The molecule has 4 aromatic rings. The maximum Gasteiger partial charge on any atom is 0.255 e. The average molecular weight is 469 g/mol. The quantitative estimate of drug-likeness (QED) is 0.416. The monoisotopic (exact) mass is 468 g/mol. The fraction of sp³-hybridized carbons (Fsp3) is 0.231. The van der Waals surface area contributed by atoms with Gasteiger partial charge in [0.2, 0.25) is 5.88 Å². The van der Waals surface area contributed by atoms with Crippen LogP contribution in [0.5, 0.6) is 17.4 Å². The van der Waals surface area contributed by atoms with E-state index in [1.165, 1.54) is 6.33 Å². The molecule has 0 saturated carbocycles. The van der Waals surface area contributed by atoms with Crippen molar-refractivity contribution >= 4 is 5.91 Å². The van der Waals surface area contributed by atoms with Crippen LogP contribution in [-0.4, -0.2) is 55.9 Å². The highest BCUT2D eigenvalue weighted by Crippen LogP contribution is 2.32. The number of nitrogens with zero attached hydrogens (tertiary/aromatic N) is 6. The zero-order valence-electron chi connectivity index (χ0n) is 19.2. The molecule has 9 nitrogen and oxygen atoms in total. The third-order valence-corrected chi connectivity index (χ3v) is 5.91. The van der Waals surface area contributed by atoms with Crippen LogP contribution in [0.3, 0.4) is 0 Å². The van der Waals surface area contributed by atoms with Crippen LogP contribution in [0.15, 0.2) is 73.7 Å². The van der Waals surface area contributed by atoms with Crippen LogP contribution in [-0.2, 0) is 0 Å². The molecule has 1 amide bonds. The molecule has 1 atom stereocenters. The van der Waals surface area contributed by atoms with Crippen LogP contribution < -0.4 is 9.47 Å². The minimum Gasteiger partial charge on any atom is -0.493 e. The van der Waals surface area contributed by atoms with Gasteiger partial charge in [-0.25, -0.2) is 15.0 Å². The highest BCUT2D eigenvalue weighted by Gasteiger charge is 2.27. The second-order valence-corrected chi connectivity index (χ2v) is 8.18. The molecule has 1 aromatic carbocycles. The van der Waals surface area contributed by atoms with Crippen molar-refractivity contribution in [2.24, 2.45) is 0 Å². The Kier molecular flexibility index (Phi) is 6.56. The van der Waals surface area contributed by atoms with E-state index in [-0.39, 0.29) is 11.8 Å². The van der Waals surface area contributed by atoms with Crippen LogP contribution in [0.4, 0.5) is 0 Å². The Balaban J connectivity index is 1.28. The van der Waals surface area contributed by atoms with Gasteiger partial charge in [-0.2, -0.15) is 0 Å². The minimum atomic E-state index is -0.0487. The van der Waals surface area contributed by atoms with Crippen molar-refractivity contribution in [3.05, 3.63) is 85.0 Å². The number of piperidine rings is 1. The van der Waals surface area contributed by atoms with Gasteiger partial charge in [0.05, 0.1) is 30.3 Å². The molecule has 0 radical (unpaired) electrons. The maximum absolute atomic E-state index is 13.2. The minimum absolute atomic E-state index is 0.0487. The number of hydrogen-bond acceptors (Lipinski definition) is 8. The number of ether oxygens (including phenoxy) is 2. The van der Waals surface area contributed by atoms with Gasteiger partial charge in [0.1, 0.15) is 6.33 Å². The second kappa shape index (κ2) is 10.3. The van der Waals surface area contributed by atoms with Gasteiger partial charge < -0.3 is 14.4 Å². The fourth-order valence-electron chi connectivity index (χ4n) is 4.13. The first-order chi connectivity index (χ1) is 17.2. The summed E-state index contributed by atoms with van der Waals surface area (Å²) in [5, 5.41) is 0. The summed E-state index contributed by atoms with van der Waals surface area (Å²) >= 11 is 0. The zero-order chi connectivity index (χ0) is 24.0.